The van der Waals surface area contributed by atoms with Crippen molar-refractivity contribution in [3.63, 3.8) is 0 Å². The topological polar surface area (TPSA) is 34.1 Å². The van der Waals surface area contributed by atoms with E-state index < -0.39 is 5.95 Å². The van der Waals surface area contributed by atoms with E-state index in [4.69, 9.17) is 4.74 Å². The molecule has 1 aromatic heterocycles. The average Bonchev–Trinajstić information content (AvgIpc) is 2.29. The van der Waals surface area contributed by atoms with Gasteiger partial charge in [-0.15, -0.1) is 0 Å². The smallest absolute Gasteiger partial charge is 0.214 e. The van der Waals surface area contributed by atoms with Crippen LogP contribution in [0.2, 0.25) is 0 Å². The number of methoxy groups -OCH3 is 1. The van der Waals surface area contributed by atoms with Crippen LogP contribution >= 0.6 is 15.9 Å². The van der Waals surface area contributed by atoms with Crippen molar-refractivity contribution in [2.45, 2.75) is 0 Å². The molecule has 0 unspecified atom stereocenters. The van der Waals surface area contributed by atoms with Gasteiger partial charge in [0.1, 0.15) is 11.6 Å². The normalized spacial score (nSPS) is 10.1. The van der Waals surface area contributed by atoms with Crippen LogP contribution in [0.1, 0.15) is 0 Å². The van der Waals surface area contributed by atoms with Gasteiger partial charge in [-0.25, -0.2) is 4.98 Å². The maximum Gasteiger partial charge on any atom is 0.214 e. The van der Waals surface area contributed by atoms with Gasteiger partial charge in [0.15, 0.2) is 0 Å². The Balaban J connectivity index is 2.22. The molecule has 0 radical (unpaired) electrons. The Morgan fingerprint density at radius 2 is 2.12 bits per heavy atom. The summed E-state index contributed by atoms with van der Waals surface area (Å²) in [4.78, 5) is 3.72. The molecule has 5 heteroatoms. The molecule has 3 nitrogen and oxygen atoms in total. The number of ether oxygens (including phenoxy) is 1. The second-order valence-corrected chi connectivity index (χ2v) is 4.17. The number of aromatic nitrogens is 1. The van der Waals surface area contributed by atoms with Crippen LogP contribution in [0.15, 0.2) is 40.9 Å². The van der Waals surface area contributed by atoms with Crippen LogP contribution in [0.3, 0.4) is 0 Å². The van der Waals surface area contributed by atoms with E-state index in [-0.39, 0.29) is 0 Å². The van der Waals surface area contributed by atoms with Crippen molar-refractivity contribution in [2.75, 3.05) is 12.4 Å². The minimum atomic E-state index is -0.512. The number of rotatable bonds is 3. The molecule has 17 heavy (non-hydrogen) atoms. The van der Waals surface area contributed by atoms with Crippen molar-refractivity contribution in [1.82, 2.24) is 4.98 Å². The van der Waals surface area contributed by atoms with E-state index in [2.05, 4.69) is 26.2 Å². The zero-order valence-electron chi connectivity index (χ0n) is 9.08. The van der Waals surface area contributed by atoms with Crippen LogP contribution in [0.4, 0.5) is 15.9 Å². The van der Waals surface area contributed by atoms with Crippen LogP contribution in [0, 0.1) is 5.95 Å². The van der Waals surface area contributed by atoms with Crippen LogP contribution < -0.4 is 10.1 Å². The fourth-order valence-corrected chi connectivity index (χ4v) is 1.91. The first-order valence-electron chi connectivity index (χ1n) is 4.92. The predicted molar refractivity (Wildman–Crippen MR) is 68.2 cm³/mol. The SMILES string of the molecule is COc1ccc(Nc2cccc(F)n2)cc1Br. The number of nitrogens with zero attached hydrogens (tertiary/aromatic N) is 1. The molecule has 0 fully saturated rings. The van der Waals surface area contributed by atoms with E-state index in [9.17, 15) is 4.39 Å². The molecule has 0 atom stereocenters. The molecule has 0 amide bonds. The maximum absolute atomic E-state index is 12.9. The fourth-order valence-electron chi connectivity index (χ4n) is 1.37. The molecular weight excluding hydrogens is 287 g/mol. The summed E-state index contributed by atoms with van der Waals surface area (Å²) < 4.78 is 18.8. The highest BCUT2D eigenvalue weighted by Crippen LogP contribution is 2.28. The largest absolute Gasteiger partial charge is 0.496 e. The minimum Gasteiger partial charge on any atom is -0.496 e. The van der Waals surface area contributed by atoms with E-state index in [0.717, 1.165) is 15.9 Å². The van der Waals surface area contributed by atoms with E-state index in [1.165, 1.54) is 6.07 Å². The number of pyridine rings is 1. The highest BCUT2D eigenvalue weighted by atomic mass is 79.9. The van der Waals surface area contributed by atoms with Gasteiger partial charge in [0, 0.05) is 5.69 Å². The molecule has 0 aliphatic heterocycles. The zero-order valence-corrected chi connectivity index (χ0v) is 10.7. The second kappa shape index (κ2) is 5.14. The Kier molecular flexibility index (Phi) is 3.58. The molecule has 0 saturated carbocycles. The summed E-state index contributed by atoms with van der Waals surface area (Å²) in [6.07, 6.45) is 0. The van der Waals surface area contributed by atoms with E-state index in [0.29, 0.717) is 5.82 Å². The Hall–Kier alpha value is -1.62. The third-order valence-corrected chi connectivity index (χ3v) is 2.76. The summed E-state index contributed by atoms with van der Waals surface area (Å²) in [6.45, 7) is 0. The first-order valence-corrected chi connectivity index (χ1v) is 5.71. The molecule has 88 valence electrons. The van der Waals surface area contributed by atoms with Gasteiger partial charge >= 0.3 is 0 Å². The van der Waals surface area contributed by atoms with Crippen molar-refractivity contribution < 1.29 is 9.13 Å². The van der Waals surface area contributed by atoms with Gasteiger partial charge in [-0.3, -0.25) is 0 Å². The summed E-state index contributed by atoms with van der Waals surface area (Å²) in [6, 6.07) is 10.1. The third kappa shape index (κ3) is 2.94. The van der Waals surface area contributed by atoms with E-state index in [1.807, 2.05) is 18.2 Å². The standard InChI is InChI=1S/C12H10BrFN2O/c1-17-10-6-5-8(7-9(10)13)15-12-4-2-3-11(14)16-12/h2-7H,1H3,(H,15,16). The van der Waals surface area contributed by atoms with Crippen molar-refractivity contribution in [2.24, 2.45) is 0 Å². The average molecular weight is 297 g/mol. The van der Waals surface area contributed by atoms with Crippen LogP contribution in [-0.4, -0.2) is 12.1 Å². The van der Waals surface area contributed by atoms with Gasteiger partial charge in [0.05, 0.1) is 11.6 Å². The Morgan fingerprint density at radius 3 is 2.76 bits per heavy atom. The summed E-state index contributed by atoms with van der Waals surface area (Å²) in [5, 5.41) is 3.00. The summed E-state index contributed by atoms with van der Waals surface area (Å²) in [5.74, 6) is 0.687. The lowest BCUT2D eigenvalue weighted by atomic mass is 10.3. The number of anilines is 2. The molecule has 0 spiro atoms. The molecule has 2 aromatic rings. The van der Waals surface area contributed by atoms with Gasteiger partial charge in [-0.05, 0) is 46.3 Å². The molecule has 0 aliphatic carbocycles. The van der Waals surface area contributed by atoms with E-state index in [1.54, 1.807) is 19.2 Å². The number of nitrogens with one attached hydrogen (secondary N) is 1. The van der Waals surface area contributed by atoms with Gasteiger partial charge < -0.3 is 10.1 Å². The summed E-state index contributed by atoms with van der Waals surface area (Å²) in [7, 11) is 1.60. The van der Waals surface area contributed by atoms with Gasteiger partial charge in [-0.2, -0.15) is 4.39 Å². The number of hydrogen-bond donors (Lipinski definition) is 1. The van der Waals surface area contributed by atoms with Crippen molar-refractivity contribution in [3.05, 3.63) is 46.8 Å². The Bertz CT molecular complexity index is 534. The zero-order chi connectivity index (χ0) is 12.3. The minimum absolute atomic E-state index is 0.460. The van der Waals surface area contributed by atoms with Crippen molar-refractivity contribution >= 4 is 27.4 Å². The van der Waals surface area contributed by atoms with Crippen molar-refractivity contribution in [3.8, 4) is 5.75 Å². The molecule has 1 heterocycles. The van der Waals surface area contributed by atoms with Gasteiger partial charge in [0.25, 0.3) is 0 Å². The van der Waals surface area contributed by atoms with Crippen molar-refractivity contribution in [1.29, 1.82) is 0 Å². The molecule has 1 N–H and O–H groups in total. The van der Waals surface area contributed by atoms with Crippen LogP contribution in [0.5, 0.6) is 5.75 Å². The molecule has 2 rings (SSSR count). The monoisotopic (exact) mass is 296 g/mol. The first kappa shape index (κ1) is 11.9. The maximum atomic E-state index is 12.9. The van der Waals surface area contributed by atoms with E-state index >= 15 is 0 Å². The number of benzene rings is 1. The molecular formula is C12H10BrFN2O. The Morgan fingerprint density at radius 1 is 1.29 bits per heavy atom. The van der Waals surface area contributed by atoms with Crippen LogP contribution in [-0.2, 0) is 0 Å². The quantitative estimate of drug-likeness (QED) is 0.876. The molecule has 0 bridgehead atoms. The molecule has 1 aromatic carbocycles. The molecule has 0 saturated heterocycles. The highest BCUT2D eigenvalue weighted by molar-refractivity contribution is 9.10. The molecule has 0 aliphatic rings. The third-order valence-electron chi connectivity index (χ3n) is 2.14. The van der Waals surface area contributed by atoms with Gasteiger partial charge in [-0.1, -0.05) is 6.07 Å². The summed E-state index contributed by atoms with van der Waals surface area (Å²) >= 11 is 3.38. The lowest BCUT2D eigenvalue weighted by Crippen LogP contribution is -1.95. The lowest BCUT2D eigenvalue weighted by molar-refractivity contribution is 0.412. The lowest BCUT2D eigenvalue weighted by Gasteiger charge is -2.08. The number of halogens is 2. The number of hydrogen-bond acceptors (Lipinski definition) is 3. The van der Waals surface area contributed by atoms with Gasteiger partial charge in [0.2, 0.25) is 5.95 Å². The fraction of sp³-hybridized carbons (Fsp3) is 0.0833. The predicted octanol–water partition coefficient (Wildman–Crippen LogP) is 3.74. The Labute approximate surface area is 107 Å². The van der Waals surface area contributed by atoms with Crippen LogP contribution in [0.25, 0.3) is 0 Å². The summed E-state index contributed by atoms with van der Waals surface area (Å²) in [5.41, 5.74) is 0.802. The first-order chi connectivity index (χ1) is 8.19. The second-order valence-electron chi connectivity index (χ2n) is 3.32. The highest BCUT2D eigenvalue weighted by Gasteiger charge is 2.02.